The van der Waals surface area contributed by atoms with Crippen molar-refractivity contribution in [2.45, 2.75) is 49.6 Å². The zero-order chi connectivity index (χ0) is 14.8. The Labute approximate surface area is 125 Å². The summed E-state index contributed by atoms with van der Waals surface area (Å²) < 4.78 is 0. The highest BCUT2D eigenvalue weighted by Crippen LogP contribution is 2.39. The first-order chi connectivity index (χ1) is 9.44. The van der Waals surface area contributed by atoms with E-state index >= 15 is 0 Å². The van der Waals surface area contributed by atoms with Crippen LogP contribution in [0.2, 0.25) is 0 Å². The molecule has 2 fully saturated rings. The van der Waals surface area contributed by atoms with Crippen molar-refractivity contribution in [3.63, 3.8) is 0 Å². The Morgan fingerprint density at radius 3 is 2.10 bits per heavy atom. The average molecular weight is 282 g/mol. The van der Waals surface area contributed by atoms with Crippen molar-refractivity contribution < 1.29 is 0 Å². The quantitative estimate of drug-likeness (QED) is 0.822. The molecule has 2 aliphatic rings. The van der Waals surface area contributed by atoms with Crippen LogP contribution in [0.4, 0.5) is 0 Å². The van der Waals surface area contributed by atoms with Gasteiger partial charge in [-0.15, -0.1) is 0 Å². The molecule has 1 saturated carbocycles. The van der Waals surface area contributed by atoms with E-state index in [1.54, 1.807) is 0 Å². The first kappa shape index (κ1) is 16.2. The Kier molecular flexibility index (Phi) is 5.11. The van der Waals surface area contributed by atoms with Crippen LogP contribution in [0.3, 0.4) is 0 Å². The molecule has 1 aliphatic carbocycles. The second-order valence-corrected chi connectivity index (χ2v) is 7.41. The molecule has 4 heteroatoms. The van der Waals surface area contributed by atoms with Crippen LogP contribution in [0, 0.1) is 0 Å². The summed E-state index contributed by atoms with van der Waals surface area (Å²) >= 11 is 0. The highest BCUT2D eigenvalue weighted by molar-refractivity contribution is 5.02. The van der Waals surface area contributed by atoms with Crippen molar-refractivity contribution in [3.8, 4) is 0 Å². The van der Waals surface area contributed by atoms with Crippen LogP contribution in [-0.4, -0.2) is 80.1 Å². The number of hydrogen-bond acceptors (Lipinski definition) is 4. The number of likely N-dealkylation sites (tertiary alicyclic amines) is 1. The van der Waals surface area contributed by atoms with E-state index in [0.717, 1.165) is 6.54 Å². The second-order valence-electron chi connectivity index (χ2n) is 7.41. The van der Waals surface area contributed by atoms with Gasteiger partial charge in [0, 0.05) is 24.2 Å². The predicted molar refractivity (Wildman–Crippen MR) is 86.0 cm³/mol. The van der Waals surface area contributed by atoms with Crippen molar-refractivity contribution in [2.24, 2.45) is 5.73 Å². The van der Waals surface area contributed by atoms with Gasteiger partial charge in [0.15, 0.2) is 0 Å². The molecule has 20 heavy (non-hydrogen) atoms. The van der Waals surface area contributed by atoms with Crippen molar-refractivity contribution in [1.29, 1.82) is 0 Å². The molecular formula is C16H34N4. The Balaban J connectivity index is 2.06. The molecule has 2 rings (SSSR count). The maximum absolute atomic E-state index is 6.23. The summed E-state index contributed by atoms with van der Waals surface area (Å²) in [4.78, 5) is 7.50. The first-order valence-corrected chi connectivity index (χ1v) is 8.21. The van der Waals surface area contributed by atoms with Crippen LogP contribution in [0.25, 0.3) is 0 Å². The minimum Gasteiger partial charge on any atom is -0.329 e. The Morgan fingerprint density at radius 2 is 1.60 bits per heavy atom. The third-order valence-corrected chi connectivity index (χ3v) is 6.10. The maximum atomic E-state index is 6.23. The third kappa shape index (κ3) is 3.03. The summed E-state index contributed by atoms with van der Waals surface area (Å²) in [6, 6.07) is 0. The molecule has 1 heterocycles. The molecule has 1 saturated heterocycles. The van der Waals surface area contributed by atoms with Gasteiger partial charge in [-0.2, -0.15) is 0 Å². The predicted octanol–water partition coefficient (Wildman–Crippen LogP) is 1.22. The standard InChI is InChI=1S/C16H34N4/c1-18(2)16(7-5-8-16)14-20(4)15(13-17)9-6-11-19(3)12-10-15/h5-14,17H2,1-4H3. The van der Waals surface area contributed by atoms with Crippen molar-refractivity contribution in [3.05, 3.63) is 0 Å². The lowest BCUT2D eigenvalue weighted by molar-refractivity contribution is -0.0119. The molecule has 0 amide bonds. The van der Waals surface area contributed by atoms with E-state index in [1.807, 2.05) is 0 Å². The van der Waals surface area contributed by atoms with Crippen molar-refractivity contribution in [1.82, 2.24) is 14.7 Å². The summed E-state index contributed by atoms with van der Waals surface area (Å²) in [5, 5.41) is 0. The van der Waals surface area contributed by atoms with E-state index < -0.39 is 0 Å². The minimum absolute atomic E-state index is 0.212. The topological polar surface area (TPSA) is 35.7 Å². The van der Waals surface area contributed by atoms with Gasteiger partial charge in [-0.1, -0.05) is 0 Å². The zero-order valence-corrected chi connectivity index (χ0v) is 14.0. The monoisotopic (exact) mass is 282 g/mol. The summed E-state index contributed by atoms with van der Waals surface area (Å²) in [7, 11) is 9.02. The molecule has 0 spiro atoms. The van der Waals surface area contributed by atoms with Gasteiger partial charge in [0.1, 0.15) is 0 Å². The number of likely N-dealkylation sites (N-methyl/N-ethyl adjacent to an activating group) is 2. The SMILES string of the molecule is CN1CCCC(CN)(N(C)CC2(N(C)C)CCC2)CC1. The van der Waals surface area contributed by atoms with Crippen LogP contribution in [0.5, 0.6) is 0 Å². The smallest absolute Gasteiger partial charge is 0.0342 e. The van der Waals surface area contributed by atoms with Crippen LogP contribution < -0.4 is 5.73 Å². The summed E-state index contributed by atoms with van der Waals surface area (Å²) in [5.74, 6) is 0. The van der Waals surface area contributed by atoms with Gasteiger partial charge in [0.05, 0.1) is 0 Å². The largest absolute Gasteiger partial charge is 0.329 e. The van der Waals surface area contributed by atoms with E-state index in [-0.39, 0.29) is 5.54 Å². The Hall–Kier alpha value is -0.160. The Bertz CT molecular complexity index is 314. The zero-order valence-electron chi connectivity index (χ0n) is 14.0. The van der Waals surface area contributed by atoms with Gasteiger partial charge in [-0.25, -0.2) is 0 Å². The number of nitrogens with zero attached hydrogens (tertiary/aromatic N) is 3. The van der Waals surface area contributed by atoms with Gasteiger partial charge in [0.2, 0.25) is 0 Å². The lowest BCUT2D eigenvalue weighted by Crippen LogP contribution is -2.62. The van der Waals surface area contributed by atoms with Gasteiger partial charge in [-0.05, 0) is 79.8 Å². The van der Waals surface area contributed by atoms with Crippen LogP contribution in [0.15, 0.2) is 0 Å². The molecular weight excluding hydrogens is 248 g/mol. The fraction of sp³-hybridized carbons (Fsp3) is 1.00. The van der Waals surface area contributed by atoms with E-state index in [0.29, 0.717) is 5.54 Å². The number of rotatable bonds is 5. The Morgan fingerprint density at radius 1 is 0.950 bits per heavy atom. The van der Waals surface area contributed by atoms with E-state index in [9.17, 15) is 0 Å². The van der Waals surface area contributed by atoms with Crippen LogP contribution in [-0.2, 0) is 0 Å². The van der Waals surface area contributed by atoms with Gasteiger partial charge < -0.3 is 15.5 Å². The lowest BCUT2D eigenvalue weighted by Gasteiger charge is -2.53. The third-order valence-electron chi connectivity index (χ3n) is 6.10. The molecule has 118 valence electrons. The van der Waals surface area contributed by atoms with Gasteiger partial charge >= 0.3 is 0 Å². The summed E-state index contributed by atoms with van der Waals surface area (Å²) in [5.41, 5.74) is 6.84. The normalized spacial score (nSPS) is 31.4. The van der Waals surface area contributed by atoms with Crippen molar-refractivity contribution >= 4 is 0 Å². The van der Waals surface area contributed by atoms with E-state index in [4.69, 9.17) is 5.73 Å². The lowest BCUT2D eigenvalue weighted by atomic mass is 9.74. The molecule has 1 unspecified atom stereocenters. The van der Waals surface area contributed by atoms with Gasteiger partial charge in [0.25, 0.3) is 0 Å². The first-order valence-electron chi connectivity index (χ1n) is 8.21. The van der Waals surface area contributed by atoms with E-state index in [2.05, 4.69) is 42.9 Å². The summed E-state index contributed by atoms with van der Waals surface area (Å²) in [6.07, 6.45) is 7.78. The molecule has 1 aliphatic heterocycles. The molecule has 0 radical (unpaired) electrons. The molecule has 0 aromatic heterocycles. The van der Waals surface area contributed by atoms with E-state index in [1.165, 1.54) is 58.2 Å². The molecule has 4 nitrogen and oxygen atoms in total. The van der Waals surface area contributed by atoms with Gasteiger partial charge in [-0.3, -0.25) is 4.90 Å². The average Bonchev–Trinajstić information content (AvgIpc) is 2.56. The second kappa shape index (κ2) is 6.30. The van der Waals surface area contributed by atoms with Crippen molar-refractivity contribution in [2.75, 3.05) is 54.4 Å². The highest BCUT2D eigenvalue weighted by Gasteiger charge is 2.44. The van der Waals surface area contributed by atoms with Crippen LogP contribution >= 0.6 is 0 Å². The summed E-state index contributed by atoms with van der Waals surface area (Å²) in [6.45, 7) is 4.35. The molecule has 0 aromatic carbocycles. The fourth-order valence-corrected chi connectivity index (χ4v) is 4.00. The molecule has 0 bridgehead atoms. The molecule has 1 atom stereocenters. The maximum Gasteiger partial charge on any atom is 0.0342 e. The number of nitrogens with two attached hydrogens (primary N) is 1. The van der Waals surface area contributed by atoms with Crippen LogP contribution in [0.1, 0.15) is 38.5 Å². The highest BCUT2D eigenvalue weighted by atomic mass is 15.3. The molecule has 2 N–H and O–H groups in total. The minimum atomic E-state index is 0.212. The number of hydrogen-bond donors (Lipinski definition) is 1. The molecule has 0 aromatic rings. The fourth-order valence-electron chi connectivity index (χ4n) is 4.00.